The fourth-order valence-electron chi connectivity index (χ4n) is 3.80. The summed E-state index contributed by atoms with van der Waals surface area (Å²) in [4.78, 5) is 12.1. The molecule has 0 aromatic carbocycles. The van der Waals surface area contributed by atoms with Crippen LogP contribution >= 0.6 is 0 Å². The summed E-state index contributed by atoms with van der Waals surface area (Å²) in [5.74, 6) is 1.87. The van der Waals surface area contributed by atoms with Crippen LogP contribution in [0.25, 0.3) is 0 Å². The Morgan fingerprint density at radius 3 is 2.62 bits per heavy atom. The van der Waals surface area contributed by atoms with Crippen molar-refractivity contribution in [1.82, 2.24) is 0 Å². The van der Waals surface area contributed by atoms with Gasteiger partial charge in [-0.25, -0.2) is 0 Å². The van der Waals surface area contributed by atoms with E-state index >= 15 is 0 Å². The van der Waals surface area contributed by atoms with Crippen LogP contribution in [-0.2, 0) is 4.79 Å². The third kappa shape index (κ3) is 1.74. The number of ketones is 1. The minimum Gasteiger partial charge on any atom is -0.299 e. The molecule has 16 heavy (non-hydrogen) atoms. The van der Waals surface area contributed by atoms with Gasteiger partial charge < -0.3 is 0 Å². The maximum absolute atomic E-state index is 12.1. The van der Waals surface area contributed by atoms with Crippen LogP contribution in [0.4, 0.5) is 0 Å². The maximum Gasteiger partial charge on any atom is 0.136 e. The van der Waals surface area contributed by atoms with E-state index in [4.69, 9.17) is 0 Å². The van der Waals surface area contributed by atoms with Gasteiger partial charge in [-0.3, -0.25) is 4.79 Å². The van der Waals surface area contributed by atoms with Crippen LogP contribution in [-0.4, -0.2) is 5.78 Å². The van der Waals surface area contributed by atoms with Crippen molar-refractivity contribution in [3.8, 4) is 0 Å². The Morgan fingerprint density at radius 2 is 2.00 bits per heavy atom. The first-order chi connectivity index (χ1) is 7.45. The summed E-state index contributed by atoms with van der Waals surface area (Å²) in [6.07, 6.45) is 5.81. The Hall–Kier alpha value is -0.590. The molecule has 3 atom stereocenters. The molecule has 1 saturated carbocycles. The van der Waals surface area contributed by atoms with E-state index < -0.39 is 0 Å². The molecule has 0 N–H and O–H groups in total. The van der Waals surface area contributed by atoms with Gasteiger partial charge in [0.25, 0.3) is 0 Å². The highest BCUT2D eigenvalue weighted by atomic mass is 16.1. The second-order valence-electron chi connectivity index (χ2n) is 6.23. The molecule has 2 unspecified atom stereocenters. The summed E-state index contributed by atoms with van der Waals surface area (Å²) < 4.78 is 0. The molecule has 0 heterocycles. The number of rotatable bonds is 1. The zero-order valence-corrected chi connectivity index (χ0v) is 11.1. The summed E-state index contributed by atoms with van der Waals surface area (Å²) in [5.41, 5.74) is 3.02. The van der Waals surface area contributed by atoms with Crippen LogP contribution in [0, 0.1) is 17.3 Å². The molecule has 90 valence electrons. The van der Waals surface area contributed by atoms with Gasteiger partial charge in [0.2, 0.25) is 0 Å². The second kappa shape index (κ2) is 4.01. The van der Waals surface area contributed by atoms with Crippen LogP contribution in [0.1, 0.15) is 59.8 Å². The van der Waals surface area contributed by atoms with E-state index in [1.165, 1.54) is 24.0 Å². The quantitative estimate of drug-likeness (QED) is 0.607. The fourth-order valence-corrected chi connectivity index (χ4v) is 3.80. The molecule has 0 spiro atoms. The molecule has 0 aromatic rings. The van der Waals surface area contributed by atoms with E-state index in [1.807, 2.05) is 6.92 Å². The Labute approximate surface area is 99.3 Å². The molecule has 2 aliphatic rings. The Balaban J connectivity index is 2.34. The van der Waals surface area contributed by atoms with E-state index in [1.54, 1.807) is 0 Å². The van der Waals surface area contributed by atoms with E-state index in [0.29, 0.717) is 11.7 Å². The molecule has 0 amide bonds. The van der Waals surface area contributed by atoms with Crippen molar-refractivity contribution in [2.75, 3.05) is 0 Å². The van der Waals surface area contributed by atoms with Crippen LogP contribution in [0.5, 0.6) is 0 Å². The summed E-state index contributed by atoms with van der Waals surface area (Å²) >= 11 is 0. The van der Waals surface area contributed by atoms with E-state index in [9.17, 15) is 4.79 Å². The van der Waals surface area contributed by atoms with E-state index in [2.05, 4.69) is 20.8 Å². The molecule has 0 radical (unpaired) electrons. The lowest BCUT2D eigenvalue weighted by Gasteiger charge is -2.48. The molecule has 1 heteroatoms. The summed E-state index contributed by atoms with van der Waals surface area (Å²) in [7, 11) is 0. The summed E-state index contributed by atoms with van der Waals surface area (Å²) in [6.45, 7) is 8.62. The number of hydrogen-bond acceptors (Lipinski definition) is 1. The van der Waals surface area contributed by atoms with Gasteiger partial charge in [0.05, 0.1) is 0 Å². The Kier molecular flexibility index (Phi) is 2.98. The monoisotopic (exact) mass is 220 g/mol. The van der Waals surface area contributed by atoms with Crippen molar-refractivity contribution in [1.29, 1.82) is 0 Å². The average molecular weight is 220 g/mol. The molecule has 0 aromatic heterocycles. The van der Waals surface area contributed by atoms with E-state index in [0.717, 1.165) is 25.2 Å². The third-order valence-electron chi connectivity index (χ3n) is 5.11. The van der Waals surface area contributed by atoms with Crippen LogP contribution in [0.3, 0.4) is 0 Å². The average Bonchev–Trinajstić information content (AvgIpc) is 2.20. The lowest BCUT2D eigenvalue weighted by molar-refractivity contribution is -0.133. The summed E-state index contributed by atoms with van der Waals surface area (Å²) in [5, 5.41) is 0. The van der Waals surface area contributed by atoms with Crippen molar-refractivity contribution >= 4 is 5.78 Å². The molecule has 1 fully saturated rings. The lowest BCUT2D eigenvalue weighted by Crippen LogP contribution is -2.44. The fraction of sp³-hybridized carbons (Fsp3) is 0.800. The van der Waals surface area contributed by atoms with Gasteiger partial charge in [0.15, 0.2) is 0 Å². The molecule has 0 aliphatic heterocycles. The van der Waals surface area contributed by atoms with Gasteiger partial charge in [-0.15, -0.1) is 0 Å². The maximum atomic E-state index is 12.1. The van der Waals surface area contributed by atoms with Crippen molar-refractivity contribution in [3.05, 3.63) is 11.1 Å². The number of Topliss-reactive ketones (excluding diaryl/α,β-unsaturated/α-hetero) is 1. The van der Waals surface area contributed by atoms with Gasteiger partial charge >= 0.3 is 0 Å². The van der Waals surface area contributed by atoms with Crippen LogP contribution < -0.4 is 0 Å². The highest BCUT2D eigenvalue weighted by Gasteiger charge is 2.47. The van der Waals surface area contributed by atoms with Gasteiger partial charge in [-0.05, 0) is 64.7 Å². The minimum absolute atomic E-state index is 0.0100. The molecule has 2 aliphatic carbocycles. The first-order valence-corrected chi connectivity index (χ1v) is 6.62. The minimum atomic E-state index is 0.0100. The molecule has 2 rings (SSSR count). The molecule has 0 saturated heterocycles. The van der Waals surface area contributed by atoms with E-state index in [-0.39, 0.29) is 5.41 Å². The van der Waals surface area contributed by atoms with Crippen LogP contribution in [0.15, 0.2) is 11.1 Å². The number of carbonyl (C=O) groups excluding carboxylic acids is 1. The van der Waals surface area contributed by atoms with Crippen molar-refractivity contribution in [2.45, 2.75) is 59.8 Å². The topological polar surface area (TPSA) is 17.1 Å². The highest BCUT2D eigenvalue weighted by molar-refractivity contribution is 5.83. The predicted octanol–water partition coefficient (Wildman–Crippen LogP) is 4.13. The Bertz CT molecular complexity index is 339. The smallest absolute Gasteiger partial charge is 0.136 e. The van der Waals surface area contributed by atoms with Crippen molar-refractivity contribution in [3.63, 3.8) is 0 Å². The third-order valence-corrected chi connectivity index (χ3v) is 5.11. The first-order valence-electron chi connectivity index (χ1n) is 6.62. The Morgan fingerprint density at radius 1 is 1.31 bits per heavy atom. The number of hydrogen-bond donors (Lipinski definition) is 0. The molecule has 0 bridgehead atoms. The van der Waals surface area contributed by atoms with Gasteiger partial charge in [-0.1, -0.05) is 18.1 Å². The summed E-state index contributed by atoms with van der Waals surface area (Å²) in [6, 6.07) is 0. The molecule has 1 nitrogen and oxygen atoms in total. The van der Waals surface area contributed by atoms with Gasteiger partial charge in [0.1, 0.15) is 5.78 Å². The molecular weight excluding hydrogens is 196 g/mol. The van der Waals surface area contributed by atoms with Crippen LogP contribution in [0.2, 0.25) is 0 Å². The molecular formula is C15H24O. The lowest BCUT2D eigenvalue weighted by atomic mass is 9.55. The van der Waals surface area contributed by atoms with Gasteiger partial charge in [-0.2, -0.15) is 0 Å². The highest BCUT2D eigenvalue weighted by Crippen LogP contribution is 2.53. The van der Waals surface area contributed by atoms with Crippen molar-refractivity contribution in [2.24, 2.45) is 17.3 Å². The number of allylic oxidation sites excluding steroid dienone is 2. The predicted molar refractivity (Wildman–Crippen MR) is 67.2 cm³/mol. The second-order valence-corrected chi connectivity index (χ2v) is 6.23. The van der Waals surface area contributed by atoms with Gasteiger partial charge in [0, 0.05) is 5.41 Å². The number of carbonyl (C=O) groups is 1. The largest absolute Gasteiger partial charge is 0.299 e. The zero-order valence-electron chi connectivity index (χ0n) is 11.1. The zero-order chi connectivity index (χ0) is 11.9. The SMILES string of the molecule is CC(=O)C12CC[C@@H](C)CC1CC(C)=C(C)C2. The normalized spacial score (nSPS) is 39.5. The standard InChI is InChI=1S/C15H24O/c1-10-5-6-15(13(4)16)9-12(3)11(2)8-14(15)7-10/h10,14H,5-9H2,1-4H3/t10-,14?,15?/m1/s1. The van der Waals surface area contributed by atoms with Crippen molar-refractivity contribution < 1.29 is 4.79 Å². The number of fused-ring (bicyclic) bond motifs is 1. The first kappa shape index (κ1) is 11.9.